The maximum Gasteiger partial charge on any atom is 0.272 e. The third kappa shape index (κ3) is 11.3. The van der Waals surface area contributed by atoms with Crippen LogP contribution in [0, 0.1) is 0 Å². The Morgan fingerprint density at radius 1 is 0.630 bits per heavy atom. The van der Waals surface area contributed by atoms with Crippen molar-refractivity contribution in [3.05, 3.63) is 108 Å². The second-order valence-electron chi connectivity index (χ2n) is 12.4. The Hall–Kier alpha value is -2.51. The molecule has 5 nitrogen and oxygen atoms in total. The lowest BCUT2D eigenvalue weighted by molar-refractivity contribution is -0.0293. The summed E-state index contributed by atoms with van der Waals surface area (Å²) in [7, 11) is -3.66. The summed E-state index contributed by atoms with van der Waals surface area (Å²) < 4.78 is 44.4. The topological polar surface area (TPSA) is 61.8 Å². The fourth-order valence-corrected chi connectivity index (χ4v) is 7.60. The van der Waals surface area contributed by atoms with Crippen LogP contribution in [-0.2, 0) is 29.4 Å². The smallest absolute Gasteiger partial charge is 0.272 e. The van der Waals surface area contributed by atoms with E-state index in [9.17, 15) is 8.42 Å². The van der Waals surface area contributed by atoms with Gasteiger partial charge in [0.2, 0.25) is 0 Å². The van der Waals surface area contributed by atoms with Crippen LogP contribution in [0.15, 0.2) is 91.0 Å². The molecule has 254 valence electrons. The molecule has 0 spiro atoms. The van der Waals surface area contributed by atoms with Crippen LogP contribution in [0.4, 0.5) is 0 Å². The van der Waals surface area contributed by atoms with Crippen molar-refractivity contribution in [2.75, 3.05) is 19.8 Å². The quantitative estimate of drug-likeness (QED) is 0.0692. The van der Waals surface area contributed by atoms with Crippen LogP contribution < -0.4 is 0 Å². The van der Waals surface area contributed by atoms with Gasteiger partial charge in [0, 0.05) is 0 Å². The highest BCUT2D eigenvalue weighted by molar-refractivity contribution is 7.87. The summed E-state index contributed by atoms with van der Waals surface area (Å²) in [5.41, 5.74) is 2.28. The minimum absolute atomic E-state index is 0. The molecule has 2 atom stereocenters. The second kappa shape index (κ2) is 20.7. The van der Waals surface area contributed by atoms with E-state index in [1.807, 2.05) is 54.6 Å². The van der Waals surface area contributed by atoms with Crippen LogP contribution in [0.25, 0.3) is 0 Å². The number of rotatable bonds is 20. The van der Waals surface area contributed by atoms with Crippen LogP contribution >= 0.6 is 0 Å². The normalized spacial score (nSPS) is 18.0. The first-order valence-electron chi connectivity index (χ1n) is 17.4. The van der Waals surface area contributed by atoms with Crippen molar-refractivity contribution >= 4 is 10.1 Å². The zero-order valence-electron chi connectivity index (χ0n) is 27.3. The first-order chi connectivity index (χ1) is 22.1. The molecule has 1 aliphatic heterocycles. The Labute approximate surface area is 280 Å². The van der Waals surface area contributed by atoms with E-state index in [1.54, 1.807) is 0 Å². The fraction of sp³-hybridized carbons (Fsp3) is 0.550. The van der Waals surface area contributed by atoms with Crippen molar-refractivity contribution in [1.82, 2.24) is 0 Å². The van der Waals surface area contributed by atoms with E-state index >= 15 is 0 Å². The molecule has 1 fully saturated rings. The van der Waals surface area contributed by atoms with E-state index in [-0.39, 0.29) is 26.7 Å². The summed E-state index contributed by atoms with van der Waals surface area (Å²) in [6.45, 7) is 2.83. The number of ether oxygens (including phenoxy) is 2. The van der Waals surface area contributed by atoms with Crippen LogP contribution in [0.1, 0.15) is 121 Å². The molecular weight excluding hydrogens is 593 g/mol. The van der Waals surface area contributed by atoms with Crippen molar-refractivity contribution in [3.8, 4) is 0 Å². The molecule has 46 heavy (non-hydrogen) atoms. The Kier molecular flexibility index (Phi) is 17.0. The largest absolute Gasteiger partial charge is 0.374 e. The molecule has 0 saturated carbocycles. The molecule has 0 bridgehead atoms. The highest BCUT2D eigenvalue weighted by Gasteiger charge is 2.38. The molecule has 0 aliphatic carbocycles. The van der Waals surface area contributed by atoms with E-state index in [0.717, 1.165) is 36.0 Å². The maximum absolute atomic E-state index is 12.9. The molecule has 2 unspecified atom stereocenters. The second-order valence-corrected chi connectivity index (χ2v) is 14.3. The van der Waals surface area contributed by atoms with Crippen molar-refractivity contribution in [1.29, 1.82) is 0 Å². The van der Waals surface area contributed by atoms with Crippen LogP contribution in [-0.4, -0.2) is 39.6 Å². The first kappa shape index (κ1) is 37.9. The fourth-order valence-electron chi connectivity index (χ4n) is 6.36. The standard InChI is InChI=1S/C39H54O5S.CH4/c1-2-3-4-5-6-7-8-9-10-11-12-22-29-38-33-42-37(32-44-45(38,40)41)30-31-43-39(34-23-16-13-17-24-34,35-25-18-14-19-26-35)36-27-20-15-21-28-36;/h13-21,23-28,37-38H,2-12,22,29-33H2,1H3;1H4. The first-order valence-corrected chi connectivity index (χ1v) is 18.8. The molecule has 1 heterocycles. The van der Waals surface area contributed by atoms with Gasteiger partial charge in [-0.25, -0.2) is 0 Å². The van der Waals surface area contributed by atoms with Gasteiger partial charge in [0.15, 0.2) is 0 Å². The summed E-state index contributed by atoms with van der Waals surface area (Å²) in [5.74, 6) is 0. The predicted molar refractivity (Wildman–Crippen MR) is 191 cm³/mol. The molecule has 4 rings (SSSR count). The van der Waals surface area contributed by atoms with Crippen molar-refractivity contribution < 1.29 is 22.1 Å². The summed E-state index contributed by atoms with van der Waals surface area (Å²) in [6, 6.07) is 30.8. The van der Waals surface area contributed by atoms with E-state index < -0.39 is 21.0 Å². The molecule has 3 aromatic rings. The molecule has 0 radical (unpaired) electrons. The zero-order chi connectivity index (χ0) is 31.6. The van der Waals surface area contributed by atoms with Gasteiger partial charge >= 0.3 is 0 Å². The molecule has 0 N–H and O–H groups in total. The molecule has 1 aliphatic rings. The summed E-state index contributed by atoms with van der Waals surface area (Å²) in [6.07, 6.45) is 15.8. The third-order valence-electron chi connectivity index (χ3n) is 9.02. The van der Waals surface area contributed by atoms with E-state index in [4.69, 9.17) is 13.7 Å². The Balaban J connectivity index is 0.00000576. The van der Waals surface area contributed by atoms with Gasteiger partial charge in [0.25, 0.3) is 10.1 Å². The van der Waals surface area contributed by atoms with Crippen LogP contribution in [0.2, 0.25) is 0 Å². The van der Waals surface area contributed by atoms with E-state index in [1.165, 1.54) is 57.8 Å². The van der Waals surface area contributed by atoms with Gasteiger partial charge in [-0.3, -0.25) is 4.18 Å². The molecule has 3 aromatic carbocycles. The average Bonchev–Trinajstić information content (AvgIpc) is 3.22. The maximum atomic E-state index is 12.9. The SMILES string of the molecule is C.CCCCCCCCCCCCCCC1COC(CCOC(c2ccccc2)(c2ccccc2)c2ccccc2)COS1(=O)=O. The van der Waals surface area contributed by atoms with Crippen molar-refractivity contribution in [2.24, 2.45) is 0 Å². The van der Waals surface area contributed by atoms with Gasteiger partial charge in [0.1, 0.15) is 10.9 Å². The molecule has 0 aromatic heterocycles. The number of hydrogen-bond acceptors (Lipinski definition) is 5. The van der Waals surface area contributed by atoms with Crippen molar-refractivity contribution in [2.45, 2.75) is 121 Å². The van der Waals surface area contributed by atoms with Crippen LogP contribution in [0.3, 0.4) is 0 Å². The summed E-state index contributed by atoms with van der Waals surface area (Å²) in [5, 5.41) is -0.608. The minimum Gasteiger partial charge on any atom is -0.374 e. The lowest BCUT2D eigenvalue weighted by Crippen LogP contribution is -2.34. The van der Waals surface area contributed by atoms with Gasteiger partial charge in [-0.05, 0) is 29.5 Å². The predicted octanol–water partition coefficient (Wildman–Crippen LogP) is 10.2. The molecule has 6 heteroatoms. The zero-order valence-corrected chi connectivity index (χ0v) is 28.1. The lowest BCUT2D eigenvalue weighted by Gasteiger charge is -2.36. The Morgan fingerprint density at radius 3 is 1.52 bits per heavy atom. The van der Waals surface area contributed by atoms with Gasteiger partial charge in [-0.1, -0.05) is 182 Å². The lowest BCUT2D eigenvalue weighted by atomic mass is 9.80. The van der Waals surface area contributed by atoms with E-state index in [2.05, 4.69) is 43.3 Å². The average molecular weight is 651 g/mol. The Bertz CT molecular complexity index is 1200. The highest BCUT2D eigenvalue weighted by Crippen LogP contribution is 2.40. The summed E-state index contributed by atoms with van der Waals surface area (Å²) >= 11 is 0. The van der Waals surface area contributed by atoms with E-state index in [0.29, 0.717) is 19.4 Å². The molecule has 1 saturated heterocycles. The Morgan fingerprint density at radius 2 is 1.07 bits per heavy atom. The van der Waals surface area contributed by atoms with Gasteiger partial charge in [0.05, 0.1) is 25.9 Å². The third-order valence-corrected chi connectivity index (χ3v) is 10.7. The highest BCUT2D eigenvalue weighted by atomic mass is 32.2. The minimum atomic E-state index is -3.66. The summed E-state index contributed by atoms with van der Waals surface area (Å²) in [4.78, 5) is 0. The van der Waals surface area contributed by atoms with Crippen molar-refractivity contribution in [3.63, 3.8) is 0 Å². The van der Waals surface area contributed by atoms with Gasteiger partial charge < -0.3 is 9.47 Å². The van der Waals surface area contributed by atoms with Gasteiger partial charge in [-0.15, -0.1) is 0 Å². The number of unbranched alkanes of at least 4 members (excludes halogenated alkanes) is 11. The number of hydrogen-bond donors (Lipinski definition) is 0. The number of benzene rings is 3. The molecule has 0 amide bonds. The monoisotopic (exact) mass is 650 g/mol. The van der Waals surface area contributed by atoms with Gasteiger partial charge in [-0.2, -0.15) is 8.42 Å². The molecular formula is C40H58O5S. The van der Waals surface area contributed by atoms with Crippen LogP contribution in [0.5, 0.6) is 0 Å².